The van der Waals surface area contributed by atoms with Crippen LogP contribution in [0.4, 0.5) is 0 Å². The smallest absolute Gasteiger partial charge is 0.269 e. The van der Waals surface area contributed by atoms with E-state index in [1.807, 2.05) is 0 Å². The molecule has 1 heterocycles. The summed E-state index contributed by atoms with van der Waals surface area (Å²) in [6.07, 6.45) is 0. The van der Waals surface area contributed by atoms with Crippen molar-refractivity contribution in [1.29, 1.82) is 0 Å². The molecule has 0 aliphatic rings. The fraction of sp³-hybridized carbons (Fsp3) is 0.0909. The number of fused-ring (bicyclic) bond motifs is 1. The van der Waals surface area contributed by atoms with E-state index in [4.69, 9.17) is 5.73 Å². The number of hydrogen-bond donors (Lipinski definition) is 2. The van der Waals surface area contributed by atoms with E-state index in [1.165, 1.54) is 7.05 Å². The molecule has 2 rings (SSSR count). The molecule has 0 bridgehead atoms. The lowest BCUT2D eigenvalue weighted by atomic mass is 10.1. The summed E-state index contributed by atoms with van der Waals surface area (Å²) < 4.78 is 1.06. The zero-order chi connectivity index (χ0) is 11.9. The summed E-state index contributed by atoms with van der Waals surface area (Å²) in [6.45, 7) is 0. The van der Waals surface area contributed by atoms with Crippen molar-refractivity contribution in [3.8, 4) is 5.75 Å². The summed E-state index contributed by atoms with van der Waals surface area (Å²) in [5.41, 5.74) is 4.58. The molecule has 5 heteroatoms. The Morgan fingerprint density at radius 3 is 2.44 bits per heavy atom. The van der Waals surface area contributed by atoms with Gasteiger partial charge in [-0.15, -0.1) is 0 Å². The van der Waals surface area contributed by atoms with Gasteiger partial charge in [0.25, 0.3) is 11.5 Å². The van der Waals surface area contributed by atoms with Crippen LogP contribution in [0.2, 0.25) is 0 Å². The zero-order valence-corrected chi connectivity index (χ0v) is 8.60. The Balaban J connectivity index is 3.07. The summed E-state index contributed by atoms with van der Waals surface area (Å²) in [6, 6.07) is 6.51. The van der Waals surface area contributed by atoms with Crippen LogP contribution >= 0.6 is 0 Å². The van der Waals surface area contributed by atoms with E-state index < -0.39 is 5.91 Å². The van der Waals surface area contributed by atoms with Gasteiger partial charge in [0.2, 0.25) is 0 Å². The summed E-state index contributed by atoms with van der Waals surface area (Å²) in [4.78, 5) is 23.0. The highest BCUT2D eigenvalue weighted by Crippen LogP contribution is 2.25. The van der Waals surface area contributed by atoms with Gasteiger partial charge in [-0.25, -0.2) is 0 Å². The molecule has 1 aromatic carbocycles. The molecule has 0 saturated carbocycles. The van der Waals surface area contributed by atoms with Crippen LogP contribution in [-0.2, 0) is 7.05 Å². The topological polar surface area (TPSA) is 85.3 Å². The Labute approximate surface area is 90.7 Å². The number of carbonyl (C=O) groups is 1. The molecule has 0 aliphatic heterocycles. The van der Waals surface area contributed by atoms with Gasteiger partial charge in [0.1, 0.15) is 0 Å². The van der Waals surface area contributed by atoms with Gasteiger partial charge >= 0.3 is 0 Å². The van der Waals surface area contributed by atoms with Crippen molar-refractivity contribution >= 4 is 16.7 Å². The van der Waals surface area contributed by atoms with Crippen LogP contribution in [0.25, 0.3) is 10.8 Å². The standard InChI is InChI=1S/C11H10N2O3/c1-13-8(10(12)15)9(14)6-4-2-3-5-7(6)11(13)16/h2-5,14H,1H3,(H2,12,15). The van der Waals surface area contributed by atoms with E-state index in [0.29, 0.717) is 10.8 Å². The van der Waals surface area contributed by atoms with Crippen molar-refractivity contribution in [2.45, 2.75) is 0 Å². The van der Waals surface area contributed by atoms with E-state index in [9.17, 15) is 14.7 Å². The quantitative estimate of drug-likeness (QED) is 0.723. The Morgan fingerprint density at radius 2 is 1.88 bits per heavy atom. The Hall–Kier alpha value is -2.30. The van der Waals surface area contributed by atoms with E-state index in [0.717, 1.165) is 4.57 Å². The van der Waals surface area contributed by atoms with Gasteiger partial charge in [0.15, 0.2) is 11.4 Å². The summed E-state index contributed by atoms with van der Waals surface area (Å²) in [7, 11) is 1.40. The third-order valence-corrected chi connectivity index (χ3v) is 2.51. The number of pyridine rings is 1. The van der Waals surface area contributed by atoms with Crippen LogP contribution in [0.3, 0.4) is 0 Å². The predicted molar refractivity (Wildman–Crippen MR) is 59.4 cm³/mol. The molecule has 3 N–H and O–H groups in total. The number of carbonyl (C=O) groups excluding carboxylic acids is 1. The minimum Gasteiger partial charge on any atom is -0.505 e. The maximum atomic E-state index is 11.8. The highest BCUT2D eigenvalue weighted by Gasteiger charge is 2.17. The molecule has 0 radical (unpaired) electrons. The number of aromatic hydroxyl groups is 1. The molecule has 0 aliphatic carbocycles. The average Bonchev–Trinajstić information content (AvgIpc) is 2.26. The molecule has 0 spiro atoms. The molecule has 0 unspecified atom stereocenters. The fourth-order valence-electron chi connectivity index (χ4n) is 1.73. The van der Waals surface area contributed by atoms with E-state index >= 15 is 0 Å². The molecular weight excluding hydrogens is 208 g/mol. The van der Waals surface area contributed by atoms with E-state index in [2.05, 4.69) is 0 Å². The number of hydrogen-bond acceptors (Lipinski definition) is 3. The van der Waals surface area contributed by atoms with Gasteiger partial charge in [-0.2, -0.15) is 0 Å². The van der Waals surface area contributed by atoms with Gasteiger partial charge in [-0.3, -0.25) is 9.59 Å². The molecule has 1 amide bonds. The van der Waals surface area contributed by atoms with Crippen molar-refractivity contribution < 1.29 is 9.90 Å². The minimum absolute atomic E-state index is 0.177. The number of aromatic nitrogens is 1. The SMILES string of the molecule is Cn1c(C(N)=O)c(O)c2ccccc2c1=O. The molecule has 0 saturated heterocycles. The molecule has 2 aromatic rings. The van der Waals surface area contributed by atoms with Crippen molar-refractivity contribution in [1.82, 2.24) is 4.57 Å². The second kappa shape index (κ2) is 3.37. The van der Waals surface area contributed by atoms with E-state index in [-0.39, 0.29) is 17.0 Å². The number of primary amides is 1. The van der Waals surface area contributed by atoms with E-state index in [1.54, 1.807) is 24.3 Å². The highest BCUT2D eigenvalue weighted by molar-refractivity contribution is 6.00. The Morgan fingerprint density at radius 1 is 1.31 bits per heavy atom. The average molecular weight is 218 g/mol. The lowest BCUT2D eigenvalue weighted by molar-refractivity contribution is 0.0988. The molecule has 5 nitrogen and oxygen atoms in total. The van der Waals surface area contributed by atoms with Crippen LogP contribution in [0.5, 0.6) is 5.75 Å². The van der Waals surface area contributed by atoms with Crippen molar-refractivity contribution in [2.24, 2.45) is 12.8 Å². The first-order chi connectivity index (χ1) is 7.54. The summed E-state index contributed by atoms with van der Waals surface area (Å²) in [5.74, 6) is -1.09. The van der Waals surface area contributed by atoms with Gasteiger partial charge in [-0.05, 0) is 6.07 Å². The molecular formula is C11H10N2O3. The first-order valence-corrected chi connectivity index (χ1v) is 4.64. The Kier molecular flexibility index (Phi) is 2.16. The van der Waals surface area contributed by atoms with Gasteiger partial charge in [0.05, 0.1) is 5.39 Å². The largest absolute Gasteiger partial charge is 0.505 e. The number of amides is 1. The third-order valence-electron chi connectivity index (χ3n) is 2.51. The van der Waals surface area contributed by atoms with Crippen molar-refractivity contribution in [3.63, 3.8) is 0 Å². The van der Waals surface area contributed by atoms with Gasteiger partial charge in [-0.1, -0.05) is 18.2 Å². The van der Waals surface area contributed by atoms with Crippen LogP contribution in [0.1, 0.15) is 10.5 Å². The maximum absolute atomic E-state index is 11.8. The number of rotatable bonds is 1. The lowest BCUT2D eigenvalue weighted by Gasteiger charge is -2.09. The van der Waals surface area contributed by atoms with Crippen LogP contribution < -0.4 is 11.3 Å². The normalized spacial score (nSPS) is 10.6. The molecule has 16 heavy (non-hydrogen) atoms. The predicted octanol–water partition coefficient (Wildman–Crippen LogP) is 0.343. The second-order valence-corrected chi connectivity index (χ2v) is 3.47. The summed E-state index contributed by atoms with van der Waals surface area (Å²) >= 11 is 0. The number of nitrogens with zero attached hydrogens (tertiary/aromatic N) is 1. The van der Waals surface area contributed by atoms with Crippen molar-refractivity contribution in [3.05, 3.63) is 40.3 Å². The third kappa shape index (κ3) is 1.25. The van der Waals surface area contributed by atoms with Gasteiger partial charge < -0.3 is 15.4 Å². The molecule has 1 aromatic heterocycles. The van der Waals surface area contributed by atoms with Crippen LogP contribution in [-0.4, -0.2) is 15.6 Å². The highest BCUT2D eigenvalue weighted by atomic mass is 16.3. The monoisotopic (exact) mass is 218 g/mol. The first-order valence-electron chi connectivity index (χ1n) is 4.64. The summed E-state index contributed by atoms with van der Waals surface area (Å²) in [5, 5.41) is 10.6. The molecule has 0 atom stereocenters. The minimum atomic E-state index is -0.831. The molecule has 0 fully saturated rings. The van der Waals surface area contributed by atoms with Crippen LogP contribution in [0, 0.1) is 0 Å². The first kappa shape index (κ1) is 10.2. The Bertz CT molecular complexity index is 643. The van der Waals surface area contributed by atoms with Crippen molar-refractivity contribution in [2.75, 3.05) is 0 Å². The number of benzene rings is 1. The van der Waals surface area contributed by atoms with Gasteiger partial charge in [0, 0.05) is 12.4 Å². The fourth-order valence-corrected chi connectivity index (χ4v) is 1.73. The van der Waals surface area contributed by atoms with Crippen LogP contribution in [0.15, 0.2) is 29.1 Å². The second-order valence-electron chi connectivity index (χ2n) is 3.47. The maximum Gasteiger partial charge on any atom is 0.269 e. The molecule has 82 valence electrons. The zero-order valence-electron chi connectivity index (χ0n) is 8.60. The lowest BCUT2D eigenvalue weighted by Crippen LogP contribution is -2.27. The number of nitrogens with two attached hydrogens (primary N) is 1.